The fraction of sp³-hybridized carbons (Fsp3) is 0.292. The van der Waals surface area contributed by atoms with Gasteiger partial charge in [-0.15, -0.1) is 0 Å². The summed E-state index contributed by atoms with van der Waals surface area (Å²) in [5, 5.41) is 5.65. The Labute approximate surface area is 186 Å². The van der Waals surface area contributed by atoms with Gasteiger partial charge in [-0.1, -0.05) is 24.3 Å². The maximum Gasteiger partial charge on any atom is 0.338 e. The van der Waals surface area contributed by atoms with Gasteiger partial charge in [0.2, 0.25) is 5.91 Å². The minimum Gasteiger partial charge on any atom is -0.494 e. The first-order valence-electron chi connectivity index (χ1n) is 10.5. The lowest BCUT2D eigenvalue weighted by Crippen LogP contribution is -2.49. The van der Waals surface area contributed by atoms with Gasteiger partial charge in [-0.3, -0.25) is 9.69 Å². The van der Waals surface area contributed by atoms with E-state index in [4.69, 9.17) is 9.47 Å². The van der Waals surface area contributed by atoms with Crippen molar-refractivity contribution >= 4 is 23.6 Å². The summed E-state index contributed by atoms with van der Waals surface area (Å²) >= 11 is 0. The van der Waals surface area contributed by atoms with Crippen LogP contribution in [0.5, 0.6) is 5.75 Å². The maximum atomic E-state index is 13.0. The number of benzene rings is 2. The summed E-state index contributed by atoms with van der Waals surface area (Å²) in [7, 11) is 0. The third kappa shape index (κ3) is 4.03. The summed E-state index contributed by atoms with van der Waals surface area (Å²) in [6.45, 7) is 5.95. The Morgan fingerprint density at radius 1 is 1.19 bits per heavy atom. The second-order valence-corrected chi connectivity index (χ2v) is 7.72. The Morgan fingerprint density at radius 2 is 1.97 bits per heavy atom. The molecule has 0 saturated heterocycles. The molecule has 0 aromatic heterocycles. The van der Waals surface area contributed by atoms with Gasteiger partial charge in [-0.05, 0) is 50.1 Å². The number of carbonyl (C=O) groups excluding carboxylic acids is 3. The number of hydrogen-bond acceptors (Lipinski definition) is 5. The standard InChI is InChI=1S/C24H25N3O5/c1-4-31-19-8-6-5-7-17(19)22-21-18(13-32-23(21)29)27(24(30)26-22)12-20(28)25-16-10-9-14(2)15(3)11-16/h5-11,22H,4,12-13H2,1-3H3,(H,25,28)(H,26,30)/t22-/m1/s1. The lowest BCUT2D eigenvalue weighted by atomic mass is 9.95. The van der Waals surface area contributed by atoms with Gasteiger partial charge in [0.05, 0.1) is 23.9 Å². The SMILES string of the molecule is CCOc1ccccc1[C@H]1NC(=O)N(CC(=O)Nc2ccc(C)c(C)c2)C2=C1C(=O)OC2. The first kappa shape index (κ1) is 21.4. The van der Waals surface area contributed by atoms with Gasteiger partial charge in [-0.25, -0.2) is 9.59 Å². The molecule has 0 spiro atoms. The van der Waals surface area contributed by atoms with E-state index in [2.05, 4.69) is 10.6 Å². The number of nitrogens with zero attached hydrogens (tertiary/aromatic N) is 1. The van der Waals surface area contributed by atoms with Crippen molar-refractivity contribution in [1.82, 2.24) is 10.2 Å². The van der Waals surface area contributed by atoms with Crippen LogP contribution in [0.15, 0.2) is 53.7 Å². The predicted molar refractivity (Wildman–Crippen MR) is 118 cm³/mol. The summed E-state index contributed by atoms with van der Waals surface area (Å²) in [5.74, 6) is -0.313. The fourth-order valence-corrected chi connectivity index (χ4v) is 3.88. The zero-order valence-electron chi connectivity index (χ0n) is 18.2. The molecule has 4 rings (SSSR count). The molecule has 2 heterocycles. The number of esters is 1. The van der Waals surface area contributed by atoms with Gasteiger partial charge in [-0.2, -0.15) is 0 Å². The molecule has 0 bridgehead atoms. The number of ether oxygens (including phenoxy) is 2. The van der Waals surface area contributed by atoms with E-state index >= 15 is 0 Å². The van der Waals surface area contributed by atoms with Gasteiger partial charge < -0.3 is 20.1 Å². The molecule has 0 aliphatic carbocycles. The van der Waals surface area contributed by atoms with E-state index in [1.807, 2.05) is 51.1 Å². The van der Waals surface area contributed by atoms with Crippen LogP contribution in [-0.4, -0.2) is 42.6 Å². The van der Waals surface area contributed by atoms with Crippen LogP contribution in [0, 0.1) is 13.8 Å². The summed E-state index contributed by atoms with van der Waals surface area (Å²) in [6, 6.07) is 11.6. The number of para-hydroxylation sites is 1. The topological polar surface area (TPSA) is 97.0 Å². The van der Waals surface area contributed by atoms with E-state index in [9.17, 15) is 14.4 Å². The molecular formula is C24H25N3O5. The second-order valence-electron chi connectivity index (χ2n) is 7.72. The number of hydrogen-bond donors (Lipinski definition) is 2. The molecule has 0 radical (unpaired) electrons. The Balaban J connectivity index is 1.60. The van der Waals surface area contributed by atoms with E-state index < -0.39 is 18.0 Å². The quantitative estimate of drug-likeness (QED) is 0.679. The number of cyclic esters (lactones) is 1. The van der Waals surface area contributed by atoms with E-state index in [1.165, 1.54) is 4.90 Å². The molecule has 3 amide bonds. The Kier molecular flexibility index (Phi) is 5.85. The van der Waals surface area contributed by atoms with Crippen LogP contribution in [0.2, 0.25) is 0 Å². The number of nitrogens with one attached hydrogen (secondary N) is 2. The molecule has 8 nitrogen and oxygen atoms in total. The summed E-state index contributed by atoms with van der Waals surface area (Å²) in [4.78, 5) is 39.5. The molecule has 166 valence electrons. The minimum atomic E-state index is -0.714. The monoisotopic (exact) mass is 435 g/mol. The second kappa shape index (κ2) is 8.74. The zero-order chi connectivity index (χ0) is 22.8. The van der Waals surface area contributed by atoms with Gasteiger partial charge >= 0.3 is 12.0 Å². The van der Waals surface area contributed by atoms with Crippen molar-refractivity contribution in [3.8, 4) is 5.75 Å². The van der Waals surface area contributed by atoms with Crippen LogP contribution in [0.3, 0.4) is 0 Å². The lowest BCUT2D eigenvalue weighted by molar-refractivity contribution is -0.136. The minimum absolute atomic E-state index is 0.0637. The van der Waals surface area contributed by atoms with Crippen LogP contribution in [-0.2, 0) is 14.3 Å². The Bertz CT molecular complexity index is 1120. The van der Waals surface area contributed by atoms with E-state index in [1.54, 1.807) is 12.1 Å². The van der Waals surface area contributed by atoms with Crippen molar-refractivity contribution in [1.29, 1.82) is 0 Å². The van der Waals surface area contributed by atoms with E-state index in [0.717, 1.165) is 11.1 Å². The Hall–Kier alpha value is -3.81. The van der Waals surface area contributed by atoms with Gasteiger partial charge in [0.25, 0.3) is 0 Å². The average molecular weight is 435 g/mol. The molecular weight excluding hydrogens is 410 g/mol. The molecule has 32 heavy (non-hydrogen) atoms. The van der Waals surface area contributed by atoms with E-state index in [0.29, 0.717) is 34.9 Å². The van der Waals surface area contributed by atoms with Crippen LogP contribution in [0.4, 0.5) is 10.5 Å². The summed E-state index contributed by atoms with van der Waals surface area (Å²) in [5.41, 5.74) is 4.18. The van der Waals surface area contributed by atoms with Crippen molar-refractivity contribution in [2.45, 2.75) is 26.8 Å². The largest absolute Gasteiger partial charge is 0.494 e. The number of urea groups is 1. The molecule has 2 aliphatic rings. The number of carbonyl (C=O) groups is 3. The van der Waals surface area contributed by atoms with Gasteiger partial charge in [0, 0.05) is 11.3 Å². The third-order valence-corrected chi connectivity index (χ3v) is 5.62. The first-order valence-corrected chi connectivity index (χ1v) is 10.5. The molecule has 0 unspecified atom stereocenters. The molecule has 2 aromatic rings. The molecule has 1 atom stereocenters. The Morgan fingerprint density at radius 3 is 2.72 bits per heavy atom. The van der Waals surface area contributed by atoms with Crippen molar-refractivity contribution in [2.75, 3.05) is 25.1 Å². The lowest BCUT2D eigenvalue weighted by Gasteiger charge is -2.33. The number of amides is 3. The number of anilines is 1. The third-order valence-electron chi connectivity index (χ3n) is 5.62. The van der Waals surface area contributed by atoms with Gasteiger partial charge in [0.15, 0.2) is 0 Å². The van der Waals surface area contributed by atoms with Crippen LogP contribution in [0.1, 0.15) is 29.7 Å². The highest BCUT2D eigenvalue weighted by Gasteiger charge is 2.43. The molecule has 2 aromatic carbocycles. The molecule has 2 N–H and O–H groups in total. The van der Waals surface area contributed by atoms with Crippen molar-refractivity contribution in [2.24, 2.45) is 0 Å². The zero-order valence-corrected chi connectivity index (χ0v) is 18.2. The fourth-order valence-electron chi connectivity index (χ4n) is 3.88. The van der Waals surface area contributed by atoms with E-state index in [-0.39, 0.29) is 19.1 Å². The first-order chi connectivity index (χ1) is 15.4. The smallest absolute Gasteiger partial charge is 0.338 e. The predicted octanol–water partition coefficient (Wildman–Crippen LogP) is 3.22. The summed E-state index contributed by atoms with van der Waals surface area (Å²) < 4.78 is 10.9. The van der Waals surface area contributed by atoms with Crippen molar-refractivity contribution < 1.29 is 23.9 Å². The highest BCUT2D eigenvalue weighted by Crippen LogP contribution is 2.38. The molecule has 2 aliphatic heterocycles. The maximum absolute atomic E-state index is 13.0. The molecule has 8 heteroatoms. The highest BCUT2D eigenvalue weighted by atomic mass is 16.5. The number of aryl methyl sites for hydroxylation is 2. The van der Waals surface area contributed by atoms with Crippen molar-refractivity contribution in [3.63, 3.8) is 0 Å². The van der Waals surface area contributed by atoms with Crippen LogP contribution in [0.25, 0.3) is 0 Å². The van der Waals surface area contributed by atoms with Crippen molar-refractivity contribution in [3.05, 3.63) is 70.4 Å². The summed E-state index contributed by atoms with van der Waals surface area (Å²) in [6.07, 6.45) is 0. The van der Waals surface area contributed by atoms with Crippen LogP contribution >= 0.6 is 0 Å². The number of rotatable bonds is 6. The van der Waals surface area contributed by atoms with Gasteiger partial charge in [0.1, 0.15) is 18.9 Å². The highest BCUT2D eigenvalue weighted by molar-refractivity contribution is 6.00. The van der Waals surface area contributed by atoms with Crippen LogP contribution < -0.4 is 15.4 Å². The average Bonchev–Trinajstić information content (AvgIpc) is 3.15. The molecule has 0 saturated carbocycles. The normalized spacial score (nSPS) is 17.6. The molecule has 0 fully saturated rings.